The SMILES string of the molecule is COc1cc(Br)c2oc(C=Cc3ccccc3Cl)cc2c1. The van der Waals surface area contributed by atoms with Gasteiger partial charge in [0.25, 0.3) is 0 Å². The molecule has 0 spiro atoms. The molecule has 21 heavy (non-hydrogen) atoms. The molecule has 0 amide bonds. The average Bonchev–Trinajstić information content (AvgIpc) is 2.90. The normalized spacial score (nSPS) is 11.4. The summed E-state index contributed by atoms with van der Waals surface area (Å²) in [5, 5.41) is 1.70. The molecule has 1 aromatic heterocycles. The number of hydrogen-bond donors (Lipinski definition) is 0. The molecule has 0 aliphatic rings. The third-order valence-electron chi connectivity index (χ3n) is 3.13. The van der Waals surface area contributed by atoms with Gasteiger partial charge in [0.05, 0.1) is 11.6 Å². The van der Waals surface area contributed by atoms with Crippen LogP contribution in [0.1, 0.15) is 11.3 Å². The van der Waals surface area contributed by atoms with E-state index in [9.17, 15) is 0 Å². The van der Waals surface area contributed by atoms with E-state index in [1.54, 1.807) is 7.11 Å². The Kier molecular flexibility index (Phi) is 4.04. The highest BCUT2D eigenvalue weighted by Gasteiger charge is 2.08. The Morgan fingerprint density at radius 3 is 2.71 bits per heavy atom. The van der Waals surface area contributed by atoms with Gasteiger partial charge in [0, 0.05) is 10.4 Å². The first-order valence-corrected chi connectivity index (χ1v) is 7.54. The summed E-state index contributed by atoms with van der Waals surface area (Å²) in [6, 6.07) is 13.5. The van der Waals surface area contributed by atoms with E-state index in [4.69, 9.17) is 20.8 Å². The molecule has 2 nitrogen and oxygen atoms in total. The maximum Gasteiger partial charge on any atom is 0.149 e. The average molecular weight is 364 g/mol. The molecule has 2 aromatic carbocycles. The lowest BCUT2D eigenvalue weighted by molar-refractivity contribution is 0.415. The van der Waals surface area contributed by atoms with Gasteiger partial charge >= 0.3 is 0 Å². The number of fused-ring (bicyclic) bond motifs is 1. The maximum atomic E-state index is 6.13. The Balaban J connectivity index is 1.98. The molecule has 0 N–H and O–H groups in total. The minimum Gasteiger partial charge on any atom is -0.497 e. The highest BCUT2D eigenvalue weighted by molar-refractivity contribution is 9.10. The van der Waals surface area contributed by atoms with Gasteiger partial charge < -0.3 is 9.15 Å². The lowest BCUT2D eigenvalue weighted by Crippen LogP contribution is -1.81. The smallest absolute Gasteiger partial charge is 0.149 e. The van der Waals surface area contributed by atoms with E-state index in [0.29, 0.717) is 5.02 Å². The summed E-state index contributed by atoms with van der Waals surface area (Å²) in [5.74, 6) is 1.55. The molecule has 0 unspecified atom stereocenters. The van der Waals surface area contributed by atoms with Gasteiger partial charge in [-0.2, -0.15) is 0 Å². The zero-order valence-corrected chi connectivity index (χ0v) is 13.6. The van der Waals surface area contributed by atoms with E-state index in [0.717, 1.165) is 32.5 Å². The second-order valence-corrected chi connectivity index (χ2v) is 5.79. The first kappa shape index (κ1) is 14.2. The lowest BCUT2D eigenvalue weighted by Gasteiger charge is -1.99. The highest BCUT2D eigenvalue weighted by atomic mass is 79.9. The van der Waals surface area contributed by atoms with Crippen molar-refractivity contribution in [1.29, 1.82) is 0 Å². The van der Waals surface area contributed by atoms with Gasteiger partial charge in [-0.1, -0.05) is 29.8 Å². The molecule has 0 fully saturated rings. The summed E-state index contributed by atoms with van der Waals surface area (Å²) in [4.78, 5) is 0. The predicted molar refractivity (Wildman–Crippen MR) is 90.8 cm³/mol. The van der Waals surface area contributed by atoms with Crippen LogP contribution in [0.4, 0.5) is 0 Å². The van der Waals surface area contributed by atoms with Crippen LogP contribution < -0.4 is 4.74 Å². The third kappa shape index (κ3) is 2.99. The molecule has 0 saturated heterocycles. The van der Waals surface area contributed by atoms with E-state index in [-0.39, 0.29) is 0 Å². The molecule has 0 aliphatic carbocycles. The van der Waals surface area contributed by atoms with Gasteiger partial charge in [0.2, 0.25) is 0 Å². The van der Waals surface area contributed by atoms with Crippen LogP contribution in [0, 0.1) is 0 Å². The number of hydrogen-bond acceptors (Lipinski definition) is 2. The number of furan rings is 1. The van der Waals surface area contributed by atoms with Gasteiger partial charge in [-0.3, -0.25) is 0 Å². The maximum absolute atomic E-state index is 6.13. The van der Waals surface area contributed by atoms with Crippen LogP contribution in [-0.2, 0) is 0 Å². The third-order valence-corrected chi connectivity index (χ3v) is 4.06. The van der Waals surface area contributed by atoms with Gasteiger partial charge in [-0.05, 0) is 57.9 Å². The quantitative estimate of drug-likeness (QED) is 0.567. The fourth-order valence-electron chi connectivity index (χ4n) is 2.09. The van der Waals surface area contributed by atoms with Gasteiger partial charge in [-0.15, -0.1) is 0 Å². The van der Waals surface area contributed by atoms with E-state index < -0.39 is 0 Å². The molecule has 0 saturated carbocycles. The summed E-state index contributed by atoms with van der Waals surface area (Å²) < 4.78 is 11.9. The second-order valence-electron chi connectivity index (χ2n) is 4.53. The number of ether oxygens (including phenoxy) is 1. The molecule has 3 rings (SSSR count). The van der Waals surface area contributed by atoms with Crippen molar-refractivity contribution in [3.8, 4) is 5.75 Å². The minimum atomic E-state index is 0.715. The van der Waals surface area contributed by atoms with Crippen LogP contribution in [0.5, 0.6) is 5.75 Å². The number of rotatable bonds is 3. The largest absolute Gasteiger partial charge is 0.497 e. The van der Waals surface area contributed by atoms with Crippen molar-refractivity contribution in [3.05, 3.63) is 63.3 Å². The molecular formula is C17H12BrClO2. The Hall–Kier alpha value is -1.71. The van der Waals surface area contributed by atoms with Crippen molar-refractivity contribution in [2.45, 2.75) is 0 Å². The van der Waals surface area contributed by atoms with Crippen LogP contribution >= 0.6 is 27.5 Å². The zero-order valence-electron chi connectivity index (χ0n) is 11.3. The van der Waals surface area contributed by atoms with Gasteiger partial charge in [0.15, 0.2) is 0 Å². The molecular weight excluding hydrogens is 352 g/mol. The van der Waals surface area contributed by atoms with Gasteiger partial charge in [-0.25, -0.2) is 0 Å². The summed E-state index contributed by atoms with van der Waals surface area (Å²) in [5.41, 5.74) is 1.76. The molecule has 1 heterocycles. The summed E-state index contributed by atoms with van der Waals surface area (Å²) in [7, 11) is 1.64. The molecule has 0 bridgehead atoms. The fourth-order valence-corrected chi connectivity index (χ4v) is 2.82. The second kappa shape index (κ2) is 5.96. The Morgan fingerprint density at radius 2 is 1.95 bits per heavy atom. The van der Waals surface area contributed by atoms with Crippen LogP contribution in [0.3, 0.4) is 0 Å². The summed E-state index contributed by atoms with van der Waals surface area (Å²) in [6.07, 6.45) is 3.84. The summed E-state index contributed by atoms with van der Waals surface area (Å²) in [6.45, 7) is 0. The van der Waals surface area contributed by atoms with Crippen LogP contribution in [0.15, 0.2) is 51.4 Å². The van der Waals surface area contributed by atoms with Crippen molar-refractivity contribution in [2.75, 3.05) is 7.11 Å². The Bertz CT molecular complexity index is 821. The van der Waals surface area contributed by atoms with Crippen molar-refractivity contribution < 1.29 is 9.15 Å². The van der Waals surface area contributed by atoms with Crippen molar-refractivity contribution in [1.82, 2.24) is 0 Å². The zero-order chi connectivity index (χ0) is 14.8. The monoisotopic (exact) mass is 362 g/mol. The molecule has 0 atom stereocenters. The standard InChI is InChI=1S/C17H12BrClO2/c1-20-14-9-12-8-13(21-17(12)15(18)10-14)7-6-11-4-2-3-5-16(11)19/h2-10H,1H3. The van der Waals surface area contributed by atoms with Crippen LogP contribution in [-0.4, -0.2) is 7.11 Å². The topological polar surface area (TPSA) is 22.4 Å². The number of methoxy groups -OCH3 is 1. The lowest BCUT2D eigenvalue weighted by atomic mass is 10.2. The molecule has 3 aromatic rings. The van der Waals surface area contributed by atoms with E-state index in [1.165, 1.54) is 0 Å². The van der Waals surface area contributed by atoms with Gasteiger partial charge in [0.1, 0.15) is 17.1 Å². The van der Waals surface area contributed by atoms with Crippen molar-refractivity contribution in [2.24, 2.45) is 0 Å². The first-order chi connectivity index (χ1) is 10.2. The highest BCUT2D eigenvalue weighted by Crippen LogP contribution is 2.32. The molecule has 4 heteroatoms. The summed E-state index contributed by atoms with van der Waals surface area (Å²) >= 11 is 9.62. The van der Waals surface area contributed by atoms with E-state index in [2.05, 4.69) is 15.9 Å². The molecule has 106 valence electrons. The Morgan fingerprint density at radius 1 is 1.14 bits per heavy atom. The Labute approximate surface area is 136 Å². The first-order valence-electron chi connectivity index (χ1n) is 6.37. The van der Waals surface area contributed by atoms with E-state index >= 15 is 0 Å². The predicted octanol–water partition coefficient (Wildman–Crippen LogP) is 6.03. The minimum absolute atomic E-state index is 0.715. The number of halogens is 2. The van der Waals surface area contributed by atoms with Crippen LogP contribution in [0.2, 0.25) is 5.02 Å². The molecule has 0 aliphatic heterocycles. The van der Waals surface area contributed by atoms with Crippen molar-refractivity contribution >= 4 is 50.7 Å². The van der Waals surface area contributed by atoms with Crippen LogP contribution in [0.25, 0.3) is 23.1 Å². The number of benzene rings is 2. The molecule has 0 radical (unpaired) electrons. The fraction of sp³-hybridized carbons (Fsp3) is 0.0588. The van der Waals surface area contributed by atoms with E-state index in [1.807, 2.05) is 54.6 Å². The van der Waals surface area contributed by atoms with Crippen molar-refractivity contribution in [3.63, 3.8) is 0 Å².